The Morgan fingerprint density at radius 1 is 1.00 bits per heavy atom. The summed E-state index contributed by atoms with van der Waals surface area (Å²) in [4.78, 5) is 13.9. The molecular formula is C24H25FN2O3S2. The second kappa shape index (κ2) is 10.2. The zero-order chi connectivity index (χ0) is 23.3. The molecule has 0 aliphatic heterocycles. The number of amides is 1. The number of hydrogen-bond acceptors (Lipinski definition) is 4. The lowest BCUT2D eigenvalue weighted by Gasteiger charge is -2.25. The van der Waals surface area contributed by atoms with Crippen molar-refractivity contribution in [3.05, 3.63) is 89.7 Å². The Hall–Kier alpha value is -2.84. The summed E-state index contributed by atoms with van der Waals surface area (Å²) in [5.74, 6) is -0.830. The summed E-state index contributed by atoms with van der Waals surface area (Å²) in [7, 11) is -3.98. The number of nitrogens with one attached hydrogen (secondary N) is 1. The topological polar surface area (TPSA) is 66.5 Å². The van der Waals surface area contributed by atoms with Crippen molar-refractivity contribution >= 4 is 33.4 Å². The third kappa shape index (κ3) is 5.69. The second-order valence-corrected chi connectivity index (χ2v) is 10.1. The van der Waals surface area contributed by atoms with Crippen LogP contribution in [0, 0.1) is 12.7 Å². The molecular weight excluding hydrogens is 447 g/mol. The van der Waals surface area contributed by atoms with Crippen molar-refractivity contribution in [2.75, 3.05) is 17.1 Å². The second-order valence-electron chi connectivity index (χ2n) is 7.36. The molecule has 168 valence electrons. The SMILES string of the molecule is CSc1ccc(S(=O)(=O)N(CC(=O)N[C@H](C)c2ccc(F)cc2)c2ccc(C)cc2)cc1. The summed E-state index contributed by atoms with van der Waals surface area (Å²) in [5, 5.41) is 2.80. The number of aryl methyl sites for hydroxylation is 1. The van der Waals surface area contributed by atoms with Crippen LogP contribution in [0.5, 0.6) is 0 Å². The molecule has 0 saturated carbocycles. The van der Waals surface area contributed by atoms with Crippen LogP contribution < -0.4 is 9.62 Å². The highest BCUT2D eigenvalue weighted by molar-refractivity contribution is 7.98. The van der Waals surface area contributed by atoms with Crippen molar-refractivity contribution in [1.29, 1.82) is 0 Å². The van der Waals surface area contributed by atoms with Crippen LogP contribution in [-0.2, 0) is 14.8 Å². The van der Waals surface area contributed by atoms with Gasteiger partial charge in [-0.2, -0.15) is 0 Å². The minimum absolute atomic E-state index is 0.107. The summed E-state index contributed by atoms with van der Waals surface area (Å²) in [6, 6.07) is 18.9. The molecule has 0 unspecified atom stereocenters. The van der Waals surface area contributed by atoms with E-state index in [0.29, 0.717) is 5.69 Å². The molecule has 1 atom stereocenters. The fourth-order valence-corrected chi connectivity index (χ4v) is 4.98. The number of carbonyl (C=O) groups is 1. The van der Waals surface area contributed by atoms with E-state index < -0.39 is 22.0 Å². The van der Waals surface area contributed by atoms with Gasteiger partial charge in [-0.05, 0) is 74.2 Å². The predicted octanol–water partition coefficient (Wildman–Crippen LogP) is 4.93. The molecule has 3 rings (SSSR count). The van der Waals surface area contributed by atoms with Gasteiger partial charge in [0.2, 0.25) is 5.91 Å². The van der Waals surface area contributed by atoms with Crippen LogP contribution in [0.1, 0.15) is 24.1 Å². The number of halogens is 1. The minimum Gasteiger partial charge on any atom is -0.348 e. The van der Waals surface area contributed by atoms with Crippen molar-refractivity contribution in [2.24, 2.45) is 0 Å². The van der Waals surface area contributed by atoms with E-state index >= 15 is 0 Å². The molecule has 0 heterocycles. The molecule has 8 heteroatoms. The van der Waals surface area contributed by atoms with Gasteiger partial charge in [0.1, 0.15) is 12.4 Å². The molecule has 0 fully saturated rings. The third-order valence-electron chi connectivity index (χ3n) is 5.00. The van der Waals surface area contributed by atoms with Gasteiger partial charge in [-0.15, -0.1) is 11.8 Å². The minimum atomic E-state index is -3.98. The van der Waals surface area contributed by atoms with Crippen LogP contribution in [-0.4, -0.2) is 27.1 Å². The van der Waals surface area contributed by atoms with Crippen molar-refractivity contribution in [3.63, 3.8) is 0 Å². The van der Waals surface area contributed by atoms with Crippen LogP contribution in [0.3, 0.4) is 0 Å². The molecule has 0 aliphatic rings. The number of nitrogens with zero attached hydrogens (tertiary/aromatic N) is 1. The maximum absolute atomic E-state index is 13.4. The number of sulfonamides is 1. The van der Waals surface area contributed by atoms with Crippen molar-refractivity contribution < 1.29 is 17.6 Å². The van der Waals surface area contributed by atoms with Crippen LogP contribution >= 0.6 is 11.8 Å². The predicted molar refractivity (Wildman–Crippen MR) is 127 cm³/mol. The molecule has 0 radical (unpaired) electrons. The van der Waals surface area contributed by atoms with E-state index in [1.54, 1.807) is 67.6 Å². The Bertz CT molecular complexity index is 1160. The molecule has 0 spiro atoms. The Kier molecular flexibility index (Phi) is 7.58. The van der Waals surface area contributed by atoms with Crippen molar-refractivity contribution in [2.45, 2.75) is 29.7 Å². The normalized spacial score (nSPS) is 12.2. The molecule has 0 aromatic heterocycles. The van der Waals surface area contributed by atoms with Gasteiger partial charge in [-0.25, -0.2) is 12.8 Å². The number of carbonyl (C=O) groups excluding carboxylic acids is 1. The van der Waals surface area contributed by atoms with E-state index in [2.05, 4.69) is 5.32 Å². The largest absolute Gasteiger partial charge is 0.348 e. The van der Waals surface area contributed by atoms with Gasteiger partial charge in [0, 0.05) is 4.90 Å². The standard InChI is InChI=1S/C24H25FN2O3S2/c1-17-4-10-21(11-5-17)27(32(29,30)23-14-12-22(31-3)13-15-23)16-24(28)26-18(2)19-6-8-20(25)9-7-19/h4-15,18H,16H2,1-3H3,(H,26,28)/t18-/m1/s1. The molecule has 0 aliphatic carbocycles. The summed E-state index contributed by atoms with van der Waals surface area (Å²) < 4.78 is 41.2. The third-order valence-corrected chi connectivity index (χ3v) is 7.54. The van der Waals surface area contributed by atoms with E-state index in [-0.39, 0.29) is 17.3 Å². The van der Waals surface area contributed by atoms with Gasteiger partial charge < -0.3 is 5.32 Å². The van der Waals surface area contributed by atoms with Gasteiger partial charge in [-0.3, -0.25) is 9.10 Å². The van der Waals surface area contributed by atoms with Crippen LogP contribution in [0.4, 0.5) is 10.1 Å². The average Bonchev–Trinajstić information content (AvgIpc) is 2.78. The van der Waals surface area contributed by atoms with Crippen molar-refractivity contribution in [3.8, 4) is 0 Å². The maximum atomic E-state index is 13.4. The van der Waals surface area contributed by atoms with Crippen molar-refractivity contribution in [1.82, 2.24) is 5.32 Å². The van der Waals surface area contributed by atoms with Gasteiger partial charge in [0.15, 0.2) is 0 Å². The van der Waals surface area contributed by atoms with Crippen LogP contribution in [0.25, 0.3) is 0 Å². The lowest BCUT2D eigenvalue weighted by Crippen LogP contribution is -2.41. The Labute approximate surface area is 192 Å². The lowest BCUT2D eigenvalue weighted by molar-refractivity contribution is -0.120. The molecule has 0 bridgehead atoms. The summed E-state index contributed by atoms with van der Waals surface area (Å²) in [5.41, 5.74) is 2.09. The van der Waals surface area contributed by atoms with E-state index in [0.717, 1.165) is 20.3 Å². The summed E-state index contributed by atoms with van der Waals surface area (Å²) in [6.07, 6.45) is 1.91. The maximum Gasteiger partial charge on any atom is 0.264 e. The number of rotatable bonds is 8. The highest BCUT2D eigenvalue weighted by Gasteiger charge is 2.27. The number of thioether (sulfide) groups is 1. The van der Waals surface area contributed by atoms with E-state index in [1.807, 2.05) is 13.2 Å². The molecule has 1 amide bonds. The molecule has 5 nitrogen and oxygen atoms in total. The lowest BCUT2D eigenvalue weighted by atomic mass is 10.1. The van der Waals surface area contributed by atoms with E-state index in [4.69, 9.17) is 0 Å². The average molecular weight is 473 g/mol. The summed E-state index contributed by atoms with van der Waals surface area (Å²) in [6.45, 7) is 3.28. The van der Waals surface area contributed by atoms with Gasteiger partial charge in [-0.1, -0.05) is 29.8 Å². The number of anilines is 1. The zero-order valence-corrected chi connectivity index (χ0v) is 19.7. The molecule has 0 saturated heterocycles. The molecule has 1 N–H and O–H groups in total. The van der Waals surface area contributed by atoms with Gasteiger partial charge in [0.05, 0.1) is 16.6 Å². The molecule has 3 aromatic rings. The monoisotopic (exact) mass is 472 g/mol. The first-order chi connectivity index (χ1) is 15.2. The van der Waals surface area contributed by atoms with E-state index in [1.165, 1.54) is 23.9 Å². The number of benzene rings is 3. The number of hydrogen-bond donors (Lipinski definition) is 1. The molecule has 32 heavy (non-hydrogen) atoms. The first kappa shape index (κ1) is 23.8. The molecule has 3 aromatic carbocycles. The Morgan fingerprint density at radius 2 is 1.59 bits per heavy atom. The van der Waals surface area contributed by atoms with E-state index in [9.17, 15) is 17.6 Å². The zero-order valence-electron chi connectivity index (χ0n) is 18.1. The fourth-order valence-electron chi connectivity index (χ4n) is 3.15. The summed E-state index contributed by atoms with van der Waals surface area (Å²) >= 11 is 1.51. The van der Waals surface area contributed by atoms with Gasteiger partial charge >= 0.3 is 0 Å². The van der Waals surface area contributed by atoms with Crippen LogP contribution in [0.15, 0.2) is 82.6 Å². The Balaban J connectivity index is 1.87. The first-order valence-electron chi connectivity index (χ1n) is 9.99. The van der Waals surface area contributed by atoms with Crippen LogP contribution in [0.2, 0.25) is 0 Å². The Morgan fingerprint density at radius 3 is 2.16 bits per heavy atom. The fraction of sp³-hybridized carbons (Fsp3) is 0.208. The highest BCUT2D eigenvalue weighted by atomic mass is 32.2. The smallest absolute Gasteiger partial charge is 0.264 e. The highest BCUT2D eigenvalue weighted by Crippen LogP contribution is 2.26. The quantitative estimate of drug-likeness (QED) is 0.472. The van der Waals surface area contributed by atoms with Gasteiger partial charge in [0.25, 0.3) is 10.0 Å². The first-order valence-corrected chi connectivity index (χ1v) is 12.7.